The summed E-state index contributed by atoms with van der Waals surface area (Å²) in [5.74, 6) is -0.114. The zero-order valence-electron chi connectivity index (χ0n) is 15.0. The van der Waals surface area contributed by atoms with Crippen LogP contribution in [0, 0.1) is 11.3 Å². The van der Waals surface area contributed by atoms with Gasteiger partial charge in [-0.1, -0.05) is 11.6 Å². The van der Waals surface area contributed by atoms with Gasteiger partial charge in [0.2, 0.25) is 0 Å². The third-order valence-corrected chi connectivity index (χ3v) is 4.68. The molecule has 1 unspecified atom stereocenters. The maximum atomic E-state index is 12.9. The smallest absolute Gasteiger partial charge is 0.252 e. The number of hydrogen-bond donors (Lipinski definition) is 2. The van der Waals surface area contributed by atoms with Crippen LogP contribution in [0.25, 0.3) is 5.52 Å². The summed E-state index contributed by atoms with van der Waals surface area (Å²) in [6.07, 6.45) is 6.34. The summed E-state index contributed by atoms with van der Waals surface area (Å²) in [4.78, 5) is 21.3. The van der Waals surface area contributed by atoms with E-state index in [1.807, 2.05) is 6.07 Å². The third kappa shape index (κ3) is 3.72. The van der Waals surface area contributed by atoms with Gasteiger partial charge in [0.25, 0.3) is 5.91 Å². The Kier molecular flexibility index (Phi) is 4.81. The molecule has 0 fully saturated rings. The molecule has 4 rings (SSSR count). The van der Waals surface area contributed by atoms with E-state index in [0.29, 0.717) is 22.4 Å². The lowest BCUT2D eigenvalue weighted by Crippen LogP contribution is -2.30. The van der Waals surface area contributed by atoms with E-state index in [9.17, 15) is 4.79 Å². The van der Waals surface area contributed by atoms with Gasteiger partial charge in [-0.2, -0.15) is 10.4 Å². The molecule has 3 N–H and O–H groups in total. The van der Waals surface area contributed by atoms with Crippen LogP contribution in [0.4, 0.5) is 5.82 Å². The fourth-order valence-electron chi connectivity index (χ4n) is 2.87. The average molecular weight is 404 g/mol. The number of nitrogens with two attached hydrogens (primary N) is 1. The Bertz CT molecular complexity index is 1240. The van der Waals surface area contributed by atoms with Crippen molar-refractivity contribution in [1.82, 2.24) is 24.9 Å². The summed E-state index contributed by atoms with van der Waals surface area (Å²) in [5, 5.41) is 16.4. The van der Waals surface area contributed by atoms with E-state index in [4.69, 9.17) is 22.6 Å². The van der Waals surface area contributed by atoms with Gasteiger partial charge in [-0.15, -0.1) is 0 Å². The molecular weight excluding hydrogens is 390 g/mol. The lowest BCUT2D eigenvalue weighted by Gasteiger charge is -2.19. The number of halogens is 1. The van der Waals surface area contributed by atoms with Gasteiger partial charge in [0.15, 0.2) is 0 Å². The van der Waals surface area contributed by atoms with E-state index in [1.54, 1.807) is 53.3 Å². The van der Waals surface area contributed by atoms with E-state index in [-0.39, 0.29) is 16.7 Å². The van der Waals surface area contributed by atoms with Gasteiger partial charge in [-0.05, 0) is 36.4 Å². The molecule has 0 aromatic carbocycles. The predicted octanol–water partition coefficient (Wildman–Crippen LogP) is 2.75. The molecule has 0 aliphatic heterocycles. The topological polar surface area (TPSA) is 122 Å². The number of carbonyl (C=O) groups is 1. The van der Waals surface area contributed by atoms with Crippen molar-refractivity contribution in [2.45, 2.75) is 6.04 Å². The van der Waals surface area contributed by atoms with Gasteiger partial charge in [0.05, 0.1) is 27.8 Å². The van der Waals surface area contributed by atoms with Crippen molar-refractivity contribution < 1.29 is 4.79 Å². The first-order chi connectivity index (χ1) is 14.0. The number of amides is 1. The zero-order chi connectivity index (χ0) is 20.4. The molecule has 1 amide bonds. The Morgan fingerprint density at radius 1 is 1.21 bits per heavy atom. The molecule has 0 aliphatic carbocycles. The molecule has 0 aliphatic rings. The maximum absolute atomic E-state index is 12.9. The van der Waals surface area contributed by atoms with Gasteiger partial charge in [0, 0.05) is 35.9 Å². The minimum atomic E-state index is -0.637. The second-order valence-electron chi connectivity index (χ2n) is 6.24. The molecule has 0 radical (unpaired) electrons. The van der Waals surface area contributed by atoms with Crippen LogP contribution in [0.15, 0.2) is 61.2 Å². The number of rotatable bonds is 4. The third-order valence-electron chi connectivity index (χ3n) is 4.37. The van der Waals surface area contributed by atoms with Crippen molar-refractivity contribution in [2.24, 2.45) is 0 Å². The number of fused-ring (bicyclic) bond motifs is 1. The fourth-order valence-corrected chi connectivity index (χ4v) is 3.04. The lowest BCUT2D eigenvalue weighted by atomic mass is 10.0. The van der Waals surface area contributed by atoms with Gasteiger partial charge in [-0.3, -0.25) is 9.78 Å². The number of nitrogens with zero attached hydrogens (tertiary/aromatic N) is 5. The Labute approximate surface area is 170 Å². The van der Waals surface area contributed by atoms with Crippen molar-refractivity contribution in [3.63, 3.8) is 0 Å². The average Bonchev–Trinajstić information content (AvgIpc) is 3.22. The van der Waals surface area contributed by atoms with Crippen LogP contribution in [-0.4, -0.2) is 25.5 Å². The predicted molar refractivity (Wildman–Crippen MR) is 107 cm³/mol. The lowest BCUT2D eigenvalue weighted by molar-refractivity contribution is 0.0942. The highest BCUT2D eigenvalue weighted by molar-refractivity contribution is 6.32. The molecule has 0 saturated carbocycles. The normalized spacial score (nSPS) is 11.7. The number of anilines is 1. The molecule has 4 aromatic heterocycles. The summed E-state index contributed by atoms with van der Waals surface area (Å²) in [6.45, 7) is 0. The summed E-state index contributed by atoms with van der Waals surface area (Å²) >= 11 is 6.13. The highest BCUT2D eigenvalue weighted by Gasteiger charge is 2.21. The number of aromatic nitrogens is 4. The maximum Gasteiger partial charge on any atom is 0.252 e. The number of hydrogen-bond acceptors (Lipinski definition) is 6. The first-order valence-corrected chi connectivity index (χ1v) is 8.94. The molecule has 8 nitrogen and oxygen atoms in total. The van der Waals surface area contributed by atoms with Gasteiger partial charge >= 0.3 is 0 Å². The minimum absolute atomic E-state index is 0.194. The van der Waals surface area contributed by atoms with E-state index in [2.05, 4.69) is 20.4 Å². The zero-order valence-corrected chi connectivity index (χ0v) is 15.7. The van der Waals surface area contributed by atoms with Gasteiger partial charge in [0.1, 0.15) is 11.9 Å². The summed E-state index contributed by atoms with van der Waals surface area (Å²) in [7, 11) is 0. The van der Waals surface area contributed by atoms with Gasteiger partial charge in [-0.25, -0.2) is 9.50 Å². The highest BCUT2D eigenvalue weighted by atomic mass is 35.5. The van der Waals surface area contributed by atoms with E-state index >= 15 is 0 Å². The Balaban J connectivity index is 1.71. The quantitative estimate of drug-likeness (QED) is 0.540. The van der Waals surface area contributed by atoms with E-state index in [0.717, 1.165) is 5.52 Å². The molecule has 142 valence electrons. The SMILES string of the molecule is N#Cc1ccc(C(NC(=O)c2ccn3nccc3c2)c2cnc(N)c(Cl)c2)nc1. The van der Waals surface area contributed by atoms with Crippen LogP contribution in [0.3, 0.4) is 0 Å². The van der Waals surface area contributed by atoms with Crippen molar-refractivity contribution in [3.8, 4) is 6.07 Å². The van der Waals surface area contributed by atoms with Crippen molar-refractivity contribution in [1.29, 1.82) is 5.26 Å². The van der Waals surface area contributed by atoms with Crippen LogP contribution in [-0.2, 0) is 0 Å². The van der Waals surface area contributed by atoms with E-state index in [1.165, 1.54) is 12.4 Å². The molecule has 0 spiro atoms. The summed E-state index contributed by atoms with van der Waals surface area (Å²) < 4.78 is 1.67. The van der Waals surface area contributed by atoms with Crippen molar-refractivity contribution in [3.05, 3.63) is 88.6 Å². The fraction of sp³-hybridized carbons (Fsp3) is 0.0500. The van der Waals surface area contributed by atoms with Crippen molar-refractivity contribution >= 4 is 28.8 Å². The van der Waals surface area contributed by atoms with Crippen LogP contribution < -0.4 is 11.1 Å². The Morgan fingerprint density at radius 3 is 2.79 bits per heavy atom. The van der Waals surface area contributed by atoms with E-state index < -0.39 is 6.04 Å². The number of pyridine rings is 3. The molecule has 4 heterocycles. The standard InChI is InChI=1S/C20H14ClN7O/c21-16-8-14(11-25-19(16)23)18(17-2-1-12(9-22)10-24-17)27-20(29)13-4-6-28-15(7-13)3-5-26-28/h1-8,10-11,18H,(H2,23,25)(H,27,29). The van der Waals surface area contributed by atoms with Crippen molar-refractivity contribution in [2.75, 3.05) is 5.73 Å². The summed E-state index contributed by atoms with van der Waals surface area (Å²) in [5.41, 5.74) is 8.53. The largest absolute Gasteiger partial charge is 0.382 e. The second-order valence-corrected chi connectivity index (χ2v) is 6.65. The molecule has 4 aromatic rings. The van der Waals surface area contributed by atoms with Crippen LogP contribution >= 0.6 is 11.6 Å². The molecule has 0 saturated heterocycles. The number of nitrogens with one attached hydrogen (secondary N) is 1. The Hall–Kier alpha value is -3.96. The first kappa shape index (κ1) is 18.4. The van der Waals surface area contributed by atoms with Crippen LogP contribution in [0.1, 0.15) is 33.2 Å². The number of nitriles is 1. The first-order valence-electron chi connectivity index (χ1n) is 8.56. The van der Waals surface area contributed by atoms with Crippen LogP contribution in [0.5, 0.6) is 0 Å². The Morgan fingerprint density at radius 2 is 2.07 bits per heavy atom. The second kappa shape index (κ2) is 7.58. The summed E-state index contributed by atoms with van der Waals surface area (Å²) in [6, 6.07) is 11.5. The number of carbonyl (C=O) groups excluding carboxylic acids is 1. The van der Waals surface area contributed by atoms with Crippen LogP contribution in [0.2, 0.25) is 5.02 Å². The monoisotopic (exact) mass is 403 g/mol. The molecule has 0 bridgehead atoms. The molecule has 9 heteroatoms. The molecule has 29 heavy (non-hydrogen) atoms. The number of nitrogen functional groups attached to an aromatic ring is 1. The minimum Gasteiger partial charge on any atom is -0.382 e. The molecular formula is C20H14ClN7O. The highest BCUT2D eigenvalue weighted by Crippen LogP contribution is 2.26. The van der Waals surface area contributed by atoms with Gasteiger partial charge < -0.3 is 11.1 Å². The molecule has 1 atom stereocenters.